The number of rotatable bonds is 2. The van der Waals surface area contributed by atoms with Crippen molar-refractivity contribution < 1.29 is 4.74 Å². The van der Waals surface area contributed by atoms with Gasteiger partial charge in [0.25, 0.3) is 0 Å². The molecule has 0 atom stereocenters. The van der Waals surface area contributed by atoms with E-state index in [0.29, 0.717) is 0 Å². The second kappa shape index (κ2) is 3.73. The van der Waals surface area contributed by atoms with Crippen LogP contribution in [0.25, 0.3) is 6.08 Å². The zero-order valence-corrected chi connectivity index (χ0v) is 9.71. The Kier molecular flexibility index (Phi) is 2.56. The van der Waals surface area contributed by atoms with Gasteiger partial charge in [-0.25, -0.2) is 0 Å². The summed E-state index contributed by atoms with van der Waals surface area (Å²) in [5.41, 5.74) is 2.93. The Hall–Kier alpha value is -1.24. The first-order chi connectivity index (χ1) is 7.04. The van der Waals surface area contributed by atoms with Crippen molar-refractivity contribution in [1.29, 1.82) is 0 Å². The first kappa shape index (κ1) is 10.3. The molecule has 0 unspecified atom stereocenters. The fourth-order valence-corrected chi connectivity index (χ4v) is 1.62. The third-order valence-corrected chi connectivity index (χ3v) is 2.42. The molecule has 15 heavy (non-hydrogen) atoms. The second-order valence-corrected chi connectivity index (χ2v) is 5.32. The standard InChI is InChI=1S/C14H18O/c1-14(2,3)10-15-13-8-7-11-5-4-6-12(11)9-13/h4-5,7-9H,6,10H2,1-3H3. The summed E-state index contributed by atoms with van der Waals surface area (Å²) < 4.78 is 5.77. The maximum absolute atomic E-state index is 5.77. The van der Waals surface area contributed by atoms with Crippen LogP contribution in [0.3, 0.4) is 0 Å². The van der Waals surface area contributed by atoms with Gasteiger partial charge in [0.1, 0.15) is 5.75 Å². The fraction of sp³-hybridized carbons (Fsp3) is 0.429. The van der Waals surface area contributed by atoms with Gasteiger partial charge in [-0.05, 0) is 35.1 Å². The van der Waals surface area contributed by atoms with Crippen molar-refractivity contribution in [2.45, 2.75) is 27.2 Å². The third kappa shape index (κ3) is 2.62. The highest BCUT2D eigenvalue weighted by Crippen LogP contribution is 2.25. The molecule has 2 rings (SSSR count). The van der Waals surface area contributed by atoms with Crippen molar-refractivity contribution in [2.75, 3.05) is 6.61 Å². The Balaban J connectivity index is 2.05. The average Bonchev–Trinajstić information content (AvgIpc) is 2.60. The Morgan fingerprint density at radius 2 is 2.07 bits per heavy atom. The van der Waals surface area contributed by atoms with Crippen LogP contribution in [0.1, 0.15) is 31.9 Å². The number of hydrogen-bond donors (Lipinski definition) is 0. The van der Waals surface area contributed by atoms with E-state index in [1.165, 1.54) is 11.1 Å². The number of hydrogen-bond acceptors (Lipinski definition) is 1. The van der Waals surface area contributed by atoms with Crippen LogP contribution in [0.15, 0.2) is 24.3 Å². The minimum absolute atomic E-state index is 0.220. The van der Waals surface area contributed by atoms with Crippen molar-refractivity contribution in [1.82, 2.24) is 0 Å². The number of allylic oxidation sites excluding steroid dienone is 1. The Morgan fingerprint density at radius 3 is 2.80 bits per heavy atom. The highest BCUT2D eigenvalue weighted by molar-refractivity contribution is 5.61. The lowest BCUT2D eigenvalue weighted by molar-refractivity contribution is 0.198. The molecular weight excluding hydrogens is 184 g/mol. The predicted molar refractivity (Wildman–Crippen MR) is 64.1 cm³/mol. The molecule has 1 aromatic carbocycles. The minimum atomic E-state index is 0.220. The molecule has 0 saturated heterocycles. The first-order valence-electron chi connectivity index (χ1n) is 5.47. The van der Waals surface area contributed by atoms with E-state index >= 15 is 0 Å². The lowest BCUT2D eigenvalue weighted by Crippen LogP contribution is -2.16. The van der Waals surface area contributed by atoms with Crippen molar-refractivity contribution in [3.05, 3.63) is 35.4 Å². The van der Waals surface area contributed by atoms with Crippen molar-refractivity contribution >= 4 is 6.08 Å². The van der Waals surface area contributed by atoms with Gasteiger partial charge < -0.3 is 4.74 Å². The average molecular weight is 202 g/mol. The fourth-order valence-electron chi connectivity index (χ4n) is 1.62. The molecule has 0 aromatic heterocycles. The van der Waals surface area contributed by atoms with Crippen molar-refractivity contribution in [3.63, 3.8) is 0 Å². The molecule has 80 valence electrons. The number of benzene rings is 1. The van der Waals surface area contributed by atoms with E-state index < -0.39 is 0 Å². The SMILES string of the molecule is CC(C)(C)COc1ccc2c(c1)CC=C2. The lowest BCUT2D eigenvalue weighted by atomic mass is 9.99. The molecule has 1 aliphatic rings. The van der Waals surface area contributed by atoms with Gasteiger partial charge in [0.05, 0.1) is 6.61 Å². The summed E-state index contributed by atoms with van der Waals surface area (Å²) in [6.07, 6.45) is 5.41. The minimum Gasteiger partial charge on any atom is -0.493 e. The molecule has 0 radical (unpaired) electrons. The van der Waals surface area contributed by atoms with Crippen LogP contribution in [0, 0.1) is 5.41 Å². The van der Waals surface area contributed by atoms with E-state index in [0.717, 1.165) is 18.8 Å². The summed E-state index contributed by atoms with van der Waals surface area (Å²) in [6, 6.07) is 6.35. The molecule has 1 aromatic rings. The topological polar surface area (TPSA) is 9.23 Å². The first-order valence-corrected chi connectivity index (χ1v) is 5.47. The third-order valence-electron chi connectivity index (χ3n) is 2.42. The predicted octanol–water partition coefficient (Wildman–Crippen LogP) is 3.68. The maximum atomic E-state index is 5.77. The van der Waals surface area contributed by atoms with E-state index in [4.69, 9.17) is 4.74 Å². The molecule has 0 bridgehead atoms. The largest absolute Gasteiger partial charge is 0.493 e. The van der Waals surface area contributed by atoms with Crippen LogP contribution in [-0.2, 0) is 6.42 Å². The van der Waals surface area contributed by atoms with Crippen LogP contribution in [-0.4, -0.2) is 6.61 Å². The van der Waals surface area contributed by atoms with Gasteiger partial charge >= 0.3 is 0 Å². The van der Waals surface area contributed by atoms with E-state index in [1.807, 2.05) is 0 Å². The molecule has 0 amide bonds. The summed E-state index contributed by atoms with van der Waals surface area (Å²) in [5, 5.41) is 0. The number of ether oxygens (including phenoxy) is 1. The van der Waals surface area contributed by atoms with Crippen LogP contribution < -0.4 is 4.74 Å². The zero-order chi connectivity index (χ0) is 10.9. The summed E-state index contributed by atoms with van der Waals surface area (Å²) in [7, 11) is 0. The molecule has 0 N–H and O–H groups in total. The maximum Gasteiger partial charge on any atom is 0.119 e. The van der Waals surface area contributed by atoms with E-state index in [2.05, 4.69) is 51.1 Å². The second-order valence-electron chi connectivity index (χ2n) is 5.32. The van der Waals surface area contributed by atoms with Crippen molar-refractivity contribution in [2.24, 2.45) is 5.41 Å². The van der Waals surface area contributed by atoms with Gasteiger partial charge in [0.15, 0.2) is 0 Å². The molecule has 0 heterocycles. The van der Waals surface area contributed by atoms with E-state index in [-0.39, 0.29) is 5.41 Å². The highest BCUT2D eigenvalue weighted by atomic mass is 16.5. The smallest absolute Gasteiger partial charge is 0.119 e. The quantitative estimate of drug-likeness (QED) is 0.710. The van der Waals surface area contributed by atoms with E-state index in [1.54, 1.807) is 0 Å². The molecular formula is C14H18O. The van der Waals surface area contributed by atoms with Crippen LogP contribution >= 0.6 is 0 Å². The van der Waals surface area contributed by atoms with Gasteiger partial charge in [-0.1, -0.05) is 39.0 Å². The van der Waals surface area contributed by atoms with Crippen LogP contribution in [0.5, 0.6) is 5.75 Å². The molecule has 1 aliphatic carbocycles. The molecule has 1 heteroatoms. The summed E-state index contributed by atoms with van der Waals surface area (Å²) in [4.78, 5) is 0. The Labute approximate surface area is 91.8 Å². The van der Waals surface area contributed by atoms with Gasteiger partial charge in [-0.2, -0.15) is 0 Å². The summed E-state index contributed by atoms with van der Waals surface area (Å²) in [5.74, 6) is 0.993. The van der Waals surface area contributed by atoms with Crippen molar-refractivity contribution in [3.8, 4) is 5.75 Å². The summed E-state index contributed by atoms with van der Waals surface area (Å²) >= 11 is 0. The molecule has 0 spiro atoms. The molecule has 0 saturated carbocycles. The van der Waals surface area contributed by atoms with E-state index in [9.17, 15) is 0 Å². The highest BCUT2D eigenvalue weighted by Gasteiger charge is 2.12. The monoisotopic (exact) mass is 202 g/mol. The molecule has 1 nitrogen and oxygen atoms in total. The van der Waals surface area contributed by atoms with Crippen LogP contribution in [0.2, 0.25) is 0 Å². The number of fused-ring (bicyclic) bond motifs is 1. The lowest BCUT2D eigenvalue weighted by Gasteiger charge is -2.19. The van der Waals surface area contributed by atoms with Gasteiger partial charge in [0, 0.05) is 0 Å². The molecule has 0 fully saturated rings. The Morgan fingerprint density at radius 1 is 1.27 bits per heavy atom. The van der Waals surface area contributed by atoms with Crippen LogP contribution in [0.4, 0.5) is 0 Å². The van der Waals surface area contributed by atoms with Gasteiger partial charge in [-0.3, -0.25) is 0 Å². The zero-order valence-electron chi connectivity index (χ0n) is 9.71. The Bertz CT molecular complexity index is 383. The van der Waals surface area contributed by atoms with Gasteiger partial charge in [-0.15, -0.1) is 0 Å². The molecule has 0 aliphatic heterocycles. The summed E-state index contributed by atoms with van der Waals surface area (Å²) in [6.45, 7) is 7.31. The normalized spacial score (nSPS) is 14.1. The van der Waals surface area contributed by atoms with Gasteiger partial charge in [0.2, 0.25) is 0 Å².